The third-order valence-electron chi connectivity index (χ3n) is 2.66. The van der Waals surface area contributed by atoms with Crippen LogP contribution in [-0.4, -0.2) is 32.4 Å². The number of nitrogens with one attached hydrogen (secondary N) is 2. The predicted molar refractivity (Wildman–Crippen MR) is 60.1 cm³/mol. The fraction of sp³-hybridized carbons (Fsp3) is 0.727. The van der Waals surface area contributed by atoms with Gasteiger partial charge in [-0.3, -0.25) is 0 Å². The Hall–Kier alpha value is -1.03. The molecule has 0 bridgehead atoms. The Morgan fingerprint density at radius 2 is 2.27 bits per heavy atom. The number of allylic oxidation sites excluding steroid dienone is 1. The number of rotatable bonds is 2. The molecule has 0 aromatic heterocycles. The first-order chi connectivity index (χ1) is 7.27. The molecule has 15 heavy (non-hydrogen) atoms. The van der Waals surface area contributed by atoms with Crippen LogP contribution in [0.15, 0.2) is 12.2 Å². The van der Waals surface area contributed by atoms with Crippen LogP contribution >= 0.6 is 0 Å². The Morgan fingerprint density at radius 1 is 1.47 bits per heavy atom. The summed E-state index contributed by atoms with van der Waals surface area (Å²) < 4.78 is 10.1. The summed E-state index contributed by atoms with van der Waals surface area (Å²) in [5.74, 6) is 0. The van der Waals surface area contributed by atoms with Gasteiger partial charge in [0.15, 0.2) is 0 Å². The lowest BCUT2D eigenvalue weighted by atomic mass is 9.99. The van der Waals surface area contributed by atoms with Gasteiger partial charge >= 0.3 is 6.08 Å². The number of hydrogen-bond acceptors (Lipinski definition) is 4. The minimum Gasteiger partial charge on any atom is -0.454 e. The van der Waals surface area contributed by atoms with E-state index in [0.717, 1.165) is 12.8 Å². The van der Waals surface area contributed by atoms with Crippen molar-refractivity contribution in [2.45, 2.75) is 37.8 Å². The molecule has 0 spiro atoms. The molecule has 0 fully saturated rings. The lowest BCUT2D eigenvalue weighted by Crippen LogP contribution is -2.40. The number of likely N-dealkylation sites (N-methyl/N-ethyl adjacent to an activating group) is 1. The Morgan fingerprint density at radius 3 is 2.93 bits per heavy atom. The molecule has 1 aliphatic carbocycles. The average molecular weight is 212 g/mol. The van der Waals surface area contributed by atoms with E-state index in [4.69, 9.17) is 14.9 Å². The fourth-order valence-electron chi connectivity index (χ4n) is 1.76. The molecule has 1 rings (SSSR count). The lowest BCUT2D eigenvalue weighted by molar-refractivity contribution is 0.120. The van der Waals surface area contributed by atoms with Gasteiger partial charge in [0.2, 0.25) is 0 Å². The van der Waals surface area contributed by atoms with Crippen LogP contribution < -0.4 is 5.32 Å². The van der Waals surface area contributed by atoms with E-state index in [2.05, 4.69) is 11.4 Å². The predicted octanol–water partition coefficient (Wildman–Crippen LogP) is 1.67. The summed E-state index contributed by atoms with van der Waals surface area (Å²) in [6.45, 7) is 0. The smallest absolute Gasteiger partial charge is 0.380 e. The standard InChI is InChI=1S/C11H20N2O2/c1-13-9-7-5-3-4-6-8-10(9)15-11(12)14-2/h6,8-10,12-13H,3-5,7H2,1-2H3. The SMILES string of the molecule is CNC1CCCCC=CC1OC(=N)OC. The molecule has 0 aromatic rings. The highest BCUT2D eigenvalue weighted by Crippen LogP contribution is 2.15. The average Bonchev–Trinajstić information content (AvgIpc) is 2.22. The summed E-state index contributed by atoms with van der Waals surface area (Å²) in [6.07, 6.45) is 8.51. The van der Waals surface area contributed by atoms with Gasteiger partial charge in [-0.2, -0.15) is 0 Å². The molecular weight excluding hydrogens is 192 g/mol. The molecular formula is C11H20N2O2. The molecule has 0 heterocycles. The summed E-state index contributed by atoms with van der Waals surface area (Å²) in [6, 6.07) is 0.261. The molecule has 0 saturated carbocycles. The Bertz CT molecular complexity index is 229. The van der Waals surface area contributed by atoms with Crippen molar-refractivity contribution in [3.8, 4) is 0 Å². The number of ether oxygens (including phenoxy) is 2. The molecule has 0 aliphatic heterocycles. The van der Waals surface area contributed by atoms with Gasteiger partial charge < -0.3 is 14.8 Å². The van der Waals surface area contributed by atoms with Gasteiger partial charge in [0.1, 0.15) is 6.10 Å². The maximum absolute atomic E-state index is 7.36. The van der Waals surface area contributed by atoms with Crippen LogP contribution in [0.5, 0.6) is 0 Å². The highest BCUT2D eigenvalue weighted by molar-refractivity contribution is 5.63. The molecule has 4 heteroatoms. The summed E-state index contributed by atoms with van der Waals surface area (Å²) >= 11 is 0. The van der Waals surface area contributed by atoms with E-state index in [-0.39, 0.29) is 18.2 Å². The first-order valence-corrected chi connectivity index (χ1v) is 5.41. The lowest BCUT2D eigenvalue weighted by Gasteiger charge is -2.26. The summed E-state index contributed by atoms with van der Waals surface area (Å²) in [7, 11) is 3.37. The van der Waals surface area contributed by atoms with Crippen molar-refractivity contribution in [3.05, 3.63) is 12.2 Å². The van der Waals surface area contributed by atoms with Gasteiger partial charge in [0.25, 0.3) is 0 Å². The topological polar surface area (TPSA) is 54.3 Å². The van der Waals surface area contributed by atoms with E-state index in [1.807, 2.05) is 13.1 Å². The zero-order valence-corrected chi connectivity index (χ0v) is 9.45. The van der Waals surface area contributed by atoms with Crippen LogP contribution in [0.2, 0.25) is 0 Å². The van der Waals surface area contributed by atoms with Gasteiger partial charge in [-0.15, -0.1) is 0 Å². The van der Waals surface area contributed by atoms with Crippen LogP contribution in [0.3, 0.4) is 0 Å². The van der Waals surface area contributed by atoms with E-state index in [1.54, 1.807) is 0 Å². The molecule has 86 valence electrons. The van der Waals surface area contributed by atoms with E-state index >= 15 is 0 Å². The highest BCUT2D eigenvalue weighted by atomic mass is 16.7. The first-order valence-electron chi connectivity index (χ1n) is 5.41. The molecule has 0 radical (unpaired) electrons. The number of methoxy groups -OCH3 is 1. The van der Waals surface area contributed by atoms with Crippen LogP contribution in [0, 0.1) is 5.41 Å². The highest BCUT2D eigenvalue weighted by Gasteiger charge is 2.21. The second kappa shape index (κ2) is 6.45. The Kier molecular flexibility index (Phi) is 5.18. The minimum absolute atomic E-state index is 0.0947. The van der Waals surface area contributed by atoms with Gasteiger partial charge in [-0.05, 0) is 32.4 Å². The van der Waals surface area contributed by atoms with Crippen molar-refractivity contribution in [1.82, 2.24) is 5.32 Å². The molecule has 2 atom stereocenters. The summed E-state index contributed by atoms with van der Waals surface area (Å²) in [4.78, 5) is 0. The second-order valence-electron chi connectivity index (χ2n) is 3.68. The van der Waals surface area contributed by atoms with Gasteiger partial charge in [0.05, 0.1) is 7.11 Å². The zero-order chi connectivity index (χ0) is 11.1. The quantitative estimate of drug-likeness (QED) is 0.416. The Balaban J connectivity index is 2.60. The van der Waals surface area contributed by atoms with E-state index in [9.17, 15) is 0 Å². The maximum atomic E-state index is 7.36. The molecule has 1 aliphatic rings. The van der Waals surface area contributed by atoms with Crippen molar-refractivity contribution in [2.24, 2.45) is 0 Å². The molecule has 0 aromatic carbocycles. The van der Waals surface area contributed by atoms with Crippen LogP contribution in [0.25, 0.3) is 0 Å². The normalized spacial score (nSPS) is 26.5. The third-order valence-corrected chi connectivity index (χ3v) is 2.66. The fourth-order valence-corrected chi connectivity index (χ4v) is 1.76. The molecule has 2 N–H and O–H groups in total. The first kappa shape index (κ1) is 12.0. The van der Waals surface area contributed by atoms with Crippen LogP contribution in [0.4, 0.5) is 0 Å². The number of hydrogen-bond donors (Lipinski definition) is 2. The van der Waals surface area contributed by atoms with Crippen molar-refractivity contribution in [3.63, 3.8) is 0 Å². The van der Waals surface area contributed by atoms with E-state index < -0.39 is 0 Å². The minimum atomic E-state index is -0.120. The van der Waals surface area contributed by atoms with Gasteiger partial charge in [0, 0.05) is 6.04 Å². The summed E-state index contributed by atoms with van der Waals surface area (Å²) in [5, 5.41) is 10.6. The monoisotopic (exact) mass is 212 g/mol. The Labute approximate surface area is 91.2 Å². The van der Waals surface area contributed by atoms with Crippen molar-refractivity contribution >= 4 is 6.08 Å². The third kappa shape index (κ3) is 3.91. The van der Waals surface area contributed by atoms with Crippen LogP contribution in [-0.2, 0) is 9.47 Å². The van der Waals surface area contributed by atoms with Crippen molar-refractivity contribution < 1.29 is 9.47 Å². The largest absolute Gasteiger partial charge is 0.454 e. The molecule has 4 nitrogen and oxygen atoms in total. The zero-order valence-electron chi connectivity index (χ0n) is 9.45. The molecule has 2 unspecified atom stereocenters. The van der Waals surface area contributed by atoms with Crippen molar-refractivity contribution in [2.75, 3.05) is 14.2 Å². The van der Waals surface area contributed by atoms with Gasteiger partial charge in [-0.25, -0.2) is 5.41 Å². The summed E-state index contributed by atoms with van der Waals surface area (Å²) in [5.41, 5.74) is 0. The van der Waals surface area contributed by atoms with E-state index in [1.165, 1.54) is 20.0 Å². The van der Waals surface area contributed by atoms with Gasteiger partial charge in [-0.1, -0.05) is 12.5 Å². The molecule has 0 amide bonds. The molecule has 0 saturated heterocycles. The second-order valence-corrected chi connectivity index (χ2v) is 3.68. The van der Waals surface area contributed by atoms with E-state index in [0.29, 0.717) is 0 Å². The maximum Gasteiger partial charge on any atom is 0.380 e. The van der Waals surface area contributed by atoms with Crippen LogP contribution in [0.1, 0.15) is 25.7 Å². The van der Waals surface area contributed by atoms with Crippen molar-refractivity contribution in [1.29, 1.82) is 5.41 Å².